The van der Waals surface area contributed by atoms with Crippen LogP contribution in [0.3, 0.4) is 0 Å². The van der Waals surface area contributed by atoms with Gasteiger partial charge < -0.3 is 4.74 Å². The first-order valence-electron chi connectivity index (χ1n) is 4.42. The summed E-state index contributed by atoms with van der Waals surface area (Å²) in [6, 6.07) is 8.75. The molecule has 0 radical (unpaired) electrons. The van der Waals surface area contributed by atoms with Crippen LogP contribution in [0, 0.1) is 12.5 Å². The Balaban J connectivity index is 3.02. The molecule has 0 aromatic heterocycles. The molecule has 5 heteroatoms. The van der Waals surface area contributed by atoms with Gasteiger partial charge >= 0.3 is 5.97 Å². The van der Waals surface area contributed by atoms with E-state index in [0.717, 1.165) is 0 Å². The summed E-state index contributed by atoms with van der Waals surface area (Å²) < 4.78 is 4.86. The highest BCUT2D eigenvalue weighted by molar-refractivity contribution is 6.09. The molecule has 74 valence electrons. The number of hydrogen-bond donors (Lipinski definition) is 0. The van der Waals surface area contributed by atoms with E-state index in [9.17, 15) is 4.79 Å². The summed E-state index contributed by atoms with van der Waals surface area (Å²) in [6.45, 7) is 0.319. The van der Waals surface area contributed by atoms with Crippen LogP contribution in [-0.2, 0) is 4.74 Å². The molecule has 0 atom stereocenters. The maximum Gasteiger partial charge on any atom is 0.339 e. The Morgan fingerprint density at radius 3 is 2.93 bits per heavy atom. The quantitative estimate of drug-likeness (QED) is 0.317. The van der Waals surface area contributed by atoms with E-state index >= 15 is 0 Å². The van der Waals surface area contributed by atoms with Crippen molar-refractivity contribution < 1.29 is 9.53 Å². The average molecular weight is 200 g/mol. The molecule has 0 aliphatic carbocycles. The Morgan fingerprint density at radius 1 is 1.53 bits per heavy atom. The number of benzene rings is 1. The Kier molecular flexibility index (Phi) is 4.11. The zero-order valence-electron chi connectivity index (χ0n) is 8.30. The minimum Gasteiger partial charge on any atom is -0.472 e. The normalized spacial score (nSPS) is 9.80. The van der Waals surface area contributed by atoms with E-state index in [1.165, 1.54) is 0 Å². The lowest BCUT2D eigenvalue weighted by Gasteiger charge is -2.03. The van der Waals surface area contributed by atoms with Crippen LogP contribution in [0.25, 0.3) is 0 Å². The fourth-order valence-corrected chi connectivity index (χ4v) is 1.03. The van der Waals surface area contributed by atoms with Crippen molar-refractivity contribution in [3.8, 4) is 12.5 Å². The molecule has 15 heavy (non-hydrogen) atoms. The first-order valence-corrected chi connectivity index (χ1v) is 4.42. The summed E-state index contributed by atoms with van der Waals surface area (Å²) in [7, 11) is 1.74. The third kappa shape index (κ3) is 2.95. The summed E-state index contributed by atoms with van der Waals surface area (Å²) in [4.78, 5) is 11.5. The highest BCUT2D eigenvalue weighted by atomic mass is 16.5. The number of rotatable bonds is 3. The molecule has 1 rings (SSSR count). The smallest absolute Gasteiger partial charge is 0.339 e. The van der Waals surface area contributed by atoms with Gasteiger partial charge in [0, 0.05) is 0 Å². The van der Waals surface area contributed by atoms with Crippen LogP contribution in [0.2, 0.25) is 0 Å². The summed E-state index contributed by atoms with van der Waals surface area (Å²) >= 11 is 0. The summed E-state index contributed by atoms with van der Waals surface area (Å²) in [5.74, 6) is -0.427. The second-order valence-electron chi connectivity index (χ2n) is 2.57. The van der Waals surface area contributed by atoms with Gasteiger partial charge in [-0.05, 0) is 12.1 Å². The molecule has 1 aromatic rings. The Bertz CT molecular complexity index is 424. The summed E-state index contributed by atoms with van der Waals surface area (Å²) in [6.07, 6.45) is 4.93. The van der Waals surface area contributed by atoms with Gasteiger partial charge in [-0.2, -0.15) is 0 Å². The van der Waals surface area contributed by atoms with Gasteiger partial charge in [-0.25, -0.2) is 4.79 Å². The van der Waals surface area contributed by atoms with E-state index in [1.807, 2.05) is 6.04 Å². The fourth-order valence-electron chi connectivity index (χ4n) is 1.03. The van der Waals surface area contributed by atoms with E-state index in [1.54, 1.807) is 32.1 Å². The number of carbonyl (C=O) groups is 1. The second kappa shape index (κ2) is 5.60. The molecule has 4 nitrogen and oxygen atoms in total. The van der Waals surface area contributed by atoms with Crippen molar-refractivity contribution in [1.82, 2.24) is 0 Å². The SMILES string of the molecule is BCOC(=O)c1ccccc1N=NC#C. The van der Waals surface area contributed by atoms with Crippen molar-refractivity contribution >= 4 is 19.5 Å². The van der Waals surface area contributed by atoms with Crippen LogP contribution < -0.4 is 0 Å². The molecule has 0 aliphatic heterocycles. The molecule has 0 heterocycles. The first kappa shape index (κ1) is 11.0. The molecular formula is C10H9BN2O2. The van der Waals surface area contributed by atoms with Crippen molar-refractivity contribution in [2.45, 2.75) is 0 Å². The van der Waals surface area contributed by atoms with Crippen molar-refractivity contribution in [1.29, 1.82) is 0 Å². The zero-order valence-corrected chi connectivity index (χ0v) is 8.30. The first-order chi connectivity index (χ1) is 7.29. The average Bonchev–Trinajstić information content (AvgIpc) is 2.27. The second-order valence-corrected chi connectivity index (χ2v) is 2.57. The van der Waals surface area contributed by atoms with Gasteiger partial charge in [0.2, 0.25) is 0 Å². The molecule has 0 unspecified atom stereocenters. The van der Waals surface area contributed by atoms with Gasteiger partial charge in [0.25, 0.3) is 0 Å². The molecule has 0 fully saturated rings. The fraction of sp³-hybridized carbons (Fsp3) is 0.100. The predicted molar refractivity (Wildman–Crippen MR) is 58.6 cm³/mol. The minimum atomic E-state index is -0.427. The van der Waals surface area contributed by atoms with E-state index < -0.39 is 5.97 Å². The van der Waals surface area contributed by atoms with Gasteiger partial charge in [0.1, 0.15) is 5.69 Å². The van der Waals surface area contributed by atoms with Gasteiger partial charge in [0.05, 0.1) is 18.1 Å². The molecule has 0 amide bonds. The van der Waals surface area contributed by atoms with Gasteiger partial charge in [-0.1, -0.05) is 23.7 Å². The lowest BCUT2D eigenvalue weighted by Crippen LogP contribution is -2.06. The number of nitrogens with zero attached hydrogens (tertiary/aromatic N) is 2. The van der Waals surface area contributed by atoms with Crippen molar-refractivity contribution in [2.75, 3.05) is 6.51 Å². The van der Waals surface area contributed by atoms with E-state index in [-0.39, 0.29) is 0 Å². The Labute approximate surface area is 88.8 Å². The van der Waals surface area contributed by atoms with E-state index in [0.29, 0.717) is 17.8 Å². The zero-order chi connectivity index (χ0) is 11.1. The molecule has 0 spiro atoms. The summed E-state index contributed by atoms with van der Waals surface area (Å²) in [5.41, 5.74) is 0.771. The van der Waals surface area contributed by atoms with Crippen LogP contribution in [0.1, 0.15) is 10.4 Å². The van der Waals surface area contributed by atoms with Crippen molar-refractivity contribution in [3.63, 3.8) is 0 Å². The van der Waals surface area contributed by atoms with Crippen LogP contribution in [-0.4, -0.2) is 20.3 Å². The Morgan fingerprint density at radius 2 is 2.27 bits per heavy atom. The van der Waals surface area contributed by atoms with E-state index in [4.69, 9.17) is 11.2 Å². The number of carbonyl (C=O) groups excluding carboxylic acids is 1. The molecule has 0 bridgehead atoms. The van der Waals surface area contributed by atoms with Gasteiger partial charge in [-0.3, -0.25) is 0 Å². The van der Waals surface area contributed by atoms with Crippen molar-refractivity contribution in [2.24, 2.45) is 10.2 Å². The topological polar surface area (TPSA) is 51.0 Å². The lowest BCUT2D eigenvalue weighted by atomic mass is 10.1. The maximum atomic E-state index is 11.5. The van der Waals surface area contributed by atoms with Crippen LogP contribution >= 0.6 is 0 Å². The molecule has 0 aliphatic rings. The monoisotopic (exact) mass is 200 g/mol. The molecule has 0 saturated carbocycles. The highest BCUT2D eigenvalue weighted by Gasteiger charge is 2.10. The molecular weight excluding hydrogens is 191 g/mol. The highest BCUT2D eigenvalue weighted by Crippen LogP contribution is 2.19. The van der Waals surface area contributed by atoms with Crippen LogP contribution in [0.5, 0.6) is 0 Å². The Hall–Kier alpha value is -2.09. The standard InChI is InChI=1S/C10H9BN2O2/c1-2-12-13-9-6-4-3-5-8(9)10(14)15-7-11/h1,3-6H,7,11H2. The predicted octanol–water partition coefficient (Wildman–Crippen LogP) is 1.11. The minimum absolute atomic E-state index is 0.319. The van der Waals surface area contributed by atoms with Gasteiger partial charge in [0.15, 0.2) is 7.85 Å². The number of hydrogen-bond acceptors (Lipinski definition) is 4. The third-order valence-corrected chi connectivity index (χ3v) is 1.61. The van der Waals surface area contributed by atoms with Gasteiger partial charge in [-0.15, -0.1) is 5.11 Å². The number of ether oxygens (including phenoxy) is 1. The molecule has 0 saturated heterocycles. The third-order valence-electron chi connectivity index (χ3n) is 1.61. The van der Waals surface area contributed by atoms with Crippen molar-refractivity contribution in [3.05, 3.63) is 29.8 Å². The maximum absolute atomic E-state index is 11.5. The molecule has 1 aromatic carbocycles. The number of terminal acetylenes is 1. The molecule has 0 N–H and O–H groups in total. The van der Waals surface area contributed by atoms with Crippen LogP contribution in [0.15, 0.2) is 34.5 Å². The lowest BCUT2D eigenvalue weighted by molar-refractivity contribution is 0.0574. The number of azo groups is 1. The van der Waals surface area contributed by atoms with Crippen LogP contribution in [0.4, 0.5) is 5.69 Å². The largest absolute Gasteiger partial charge is 0.472 e. The number of esters is 1. The summed E-state index contributed by atoms with van der Waals surface area (Å²) in [5, 5.41) is 7.11. The van der Waals surface area contributed by atoms with E-state index in [2.05, 4.69) is 10.2 Å².